The number of nitrogens with one attached hydrogen (secondary N) is 1. The van der Waals surface area contributed by atoms with E-state index in [2.05, 4.69) is 10.3 Å². The Hall–Kier alpha value is -3.22. The molecule has 1 amide bonds. The van der Waals surface area contributed by atoms with Crippen LogP contribution in [0.3, 0.4) is 0 Å². The number of hydrogen-bond donors (Lipinski definition) is 1. The molecule has 0 aliphatic heterocycles. The number of carbonyl (C=O) groups is 1. The van der Waals surface area contributed by atoms with Gasteiger partial charge in [-0.05, 0) is 30.7 Å². The number of anilines is 1. The van der Waals surface area contributed by atoms with Crippen molar-refractivity contribution in [2.45, 2.75) is 13.3 Å². The molecule has 136 valence electrons. The van der Waals surface area contributed by atoms with Gasteiger partial charge in [0, 0.05) is 12.3 Å². The first-order chi connectivity index (χ1) is 12.6. The summed E-state index contributed by atoms with van der Waals surface area (Å²) in [6.07, 6.45) is 2.41. The Morgan fingerprint density at radius 1 is 1.12 bits per heavy atom. The van der Waals surface area contributed by atoms with E-state index >= 15 is 0 Å². The van der Waals surface area contributed by atoms with E-state index in [1.54, 1.807) is 50.1 Å². The summed E-state index contributed by atoms with van der Waals surface area (Å²) in [5, 5.41) is 2.90. The van der Waals surface area contributed by atoms with E-state index < -0.39 is 0 Å². The number of rotatable bonds is 6. The van der Waals surface area contributed by atoms with Crippen molar-refractivity contribution in [2.24, 2.45) is 0 Å². The van der Waals surface area contributed by atoms with Gasteiger partial charge in [0.05, 0.1) is 32.7 Å². The van der Waals surface area contributed by atoms with Gasteiger partial charge in [-0.3, -0.25) is 9.20 Å². The van der Waals surface area contributed by atoms with E-state index in [9.17, 15) is 4.79 Å². The Labute approximate surface area is 151 Å². The van der Waals surface area contributed by atoms with Crippen molar-refractivity contribution < 1.29 is 19.0 Å². The standard InChI is InChI=1S/C19H21N3O4/c1-5-13-17(22-10-6-7-16(26-4)18(22)20-13)19(23)21-14-11-12(24-2)8-9-15(14)25-3/h6-11H,5H2,1-4H3,(H,21,23). The number of ether oxygens (including phenoxy) is 3. The lowest BCUT2D eigenvalue weighted by Crippen LogP contribution is -2.17. The normalized spacial score (nSPS) is 10.6. The Balaban J connectivity index is 2.06. The summed E-state index contributed by atoms with van der Waals surface area (Å²) >= 11 is 0. The van der Waals surface area contributed by atoms with E-state index in [1.165, 1.54) is 0 Å². The quantitative estimate of drug-likeness (QED) is 0.735. The summed E-state index contributed by atoms with van der Waals surface area (Å²) < 4.78 is 17.7. The third-order valence-corrected chi connectivity index (χ3v) is 4.11. The molecular weight excluding hydrogens is 334 g/mol. The van der Waals surface area contributed by atoms with Crippen molar-refractivity contribution in [3.63, 3.8) is 0 Å². The van der Waals surface area contributed by atoms with Crippen LogP contribution >= 0.6 is 0 Å². The number of imidazole rings is 1. The molecule has 0 radical (unpaired) electrons. The maximum atomic E-state index is 13.0. The number of hydrogen-bond acceptors (Lipinski definition) is 5. The number of aromatic nitrogens is 2. The van der Waals surface area contributed by atoms with Crippen LogP contribution in [0.1, 0.15) is 23.1 Å². The highest BCUT2D eigenvalue weighted by Crippen LogP contribution is 2.30. The molecule has 3 rings (SSSR count). The van der Waals surface area contributed by atoms with Crippen LogP contribution in [0.2, 0.25) is 0 Å². The van der Waals surface area contributed by atoms with E-state index in [0.29, 0.717) is 46.4 Å². The van der Waals surface area contributed by atoms with E-state index in [1.807, 2.05) is 19.1 Å². The highest BCUT2D eigenvalue weighted by Gasteiger charge is 2.21. The maximum absolute atomic E-state index is 13.0. The third-order valence-electron chi connectivity index (χ3n) is 4.11. The van der Waals surface area contributed by atoms with E-state index in [-0.39, 0.29) is 5.91 Å². The predicted octanol–water partition coefficient (Wildman–Crippen LogP) is 3.17. The van der Waals surface area contributed by atoms with Gasteiger partial charge in [-0.15, -0.1) is 0 Å². The summed E-state index contributed by atoms with van der Waals surface area (Å²) in [7, 11) is 4.70. The molecule has 7 nitrogen and oxygen atoms in total. The molecule has 0 saturated heterocycles. The molecule has 1 aromatic carbocycles. The van der Waals surface area contributed by atoms with Gasteiger partial charge in [0.1, 0.15) is 17.2 Å². The molecule has 3 aromatic rings. The zero-order valence-corrected chi connectivity index (χ0v) is 15.2. The monoisotopic (exact) mass is 355 g/mol. The van der Waals surface area contributed by atoms with Crippen LogP contribution in [0.4, 0.5) is 5.69 Å². The van der Waals surface area contributed by atoms with Gasteiger partial charge >= 0.3 is 0 Å². The van der Waals surface area contributed by atoms with Gasteiger partial charge < -0.3 is 19.5 Å². The van der Waals surface area contributed by atoms with Crippen LogP contribution in [0, 0.1) is 0 Å². The molecule has 0 aliphatic carbocycles. The smallest absolute Gasteiger partial charge is 0.274 e. The fourth-order valence-corrected chi connectivity index (χ4v) is 2.83. The lowest BCUT2D eigenvalue weighted by molar-refractivity contribution is 0.102. The minimum absolute atomic E-state index is 0.283. The van der Waals surface area contributed by atoms with Crippen LogP contribution < -0.4 is 19.5 Å². The summed E-state index contributed by atoms with van der Waals surface area (Å²) in [5.41, 5.74) is 2.28. The number of pyridine rings is 1. The topological polar surface area (TPSA) is 74.1 Å². The molecule has 26 heavy (non-hydrogen) atoms. The SMILES string of the molecule is CCc1nc2c(OC)cccn2c1C(=O)Nc1cc(OC)ccc1OC. The van der Waals surface area contributed by atoms with Crippen LogP contribution in [0.5, 0.6) is 17.2 Å². The molecule has 0 bridgehead atoms. The third kappa shape index (κ3) is 3.03. The number of aryl methyl sites for hydroxylation is 1. The van der Waals surface area contributed by atoms with Gasteiger partial charge in [-0.25, -0.2) is 4.98 Å². The maximum Gasteiger partial charge on any atom is 0.274 e. The minimum atomic E-state index is -0.283. The lowest BCUT2D eigenvalue weighted by Gasteiger charge is -2.12. The molecule has 1 N–H and O–H groups in total. The van der Waals surface area contributed by atoms with Crippen LogP contribution in [-0.2, 0) is 6.42 Å². The number of methoxy groups -OCH3 is 3. The molecule has 0 saturated carbocycles. The van der Waals surface area contributed by atoms with Crippen molar-refractivity contribution >= 4 is 17.2 Å². The Morgan fingerprint density at radius 2 is 1.88 bits per heavy atom. The van der Waals surface area contributed by atoms with Gasteiger partial charge in [-0.2, -0.15) is 0 Å². The summed E-state index contributed by atoms with van der Waals surface area (Å²) in [5.74, 6) is 1.49. The van der Waals surface area contributed by atoms with Crippen molar-refractivity contribution in [2.75, 3.05) is 26.6 Å². The molecule has 0 unspecified atom stereocenters. The Kier molecular flexibility index (Phi) is 4.97. The zero-order chi connectivity index (χ0) is 18.7. The summed E-state index contributed by atoms with van der Waals surface area (Å²) in [6, 6.07) is 8.86. The Morgan fingerprint density at radius 3 is 2.54 bits per heavy atom. The first-order valence-corrected chi connectivity index (χ1v) is 8.20. The molecule has 0 atom stereocenters. The first kappa shape index (κ1) is 17.6. The van der Waals surface area contributed by atoms with Crippen LogP contribution in [0.15, 0.2) is 36.5 Å². The van der Waals surface area contributed by atoms with Crippen molar-refractivity contribution in [1.29, 1.82) is 0 Å². The summed E-state index contributed by atoms with van der Waals surface area (Å²) in [4.78, 5) is 17.6. The second kappa shape index (κ2) is 7.35. The highest BCUT2D eigenvalue weighted by atomic mass is 16.5. The molecule has 7 heteroatoms. The highest BCUT2D eigenvalue weighted by molar-refractivity contribution is 6.05. The predicted molar refractivity (Wildman–Crippen MR) is 98.6 cm³/mol. The van der Waals surface area contributed by atoms with Crippen molar-refractivity contribution in [3.05, 3.63) is 47.9 Å². The second-order valence-corrected chi connectivity index (χ2v) is 5.55. The molecular formula is C19H21N3O4. The van der Waals surface area contributed by atoms with E-state index in [0.717, 1.165) is 0 Å². The second-order valence-electron chi connectivity index (χ2n) is 5.55. The largest absolute Gasteiger partial charge is 0.497 e. The first-order valence-electron chi connectivity index (χ1n) is 8.20. The van der Waals surface area contributed by atoms with Crippen molar-refractivity contribution in [1.82, 2.24) is 9.38 Å². The number of nitrogens with zero attached hydrogens (tertiary/aromatic N) is 2. The molecule has 0 spiro atoms. The number of fused-ring (bicyclic) bond motifs is 1. The average molecular weight is 355 g/mol. The fraction of sp³-hybridized carbons (Fsp3) is 0.263. The average Bonchev–Trinajstić information content (AvgIpc) is 3.06. The minimum Gasteiger partial charge on any atom is -0.497 e. The molecule has 0 fully saturated rings. The fourth-order valence-electron chi connectivity index (χ4n) is 2.83. The lowest BCUT2D eigenvalue weighted by atomic mass is 10.2. The summed E-state index contributed by atoms with van der Waals surface area (Å²) in [6.45, 7) is 1.96. The molecule has 2 aromatic heterocycles. The van der Waals surface area contributed by atoms with Gasteiger partial charge in [0.15, 0.2) is 11.4 Å². The number of benzene rings is 1. The van der Waals surface area contributed by atoms with Gasteiger partial charge in [0.25, 0.3) is 5.91 Å². The molecule has 2 heterocycles. The van der Waals surface area contributed by atoms with Gasteiger partial charge in [-0.1, -0.05) is 6.92 Å². The number of amides is 1. The number of carbonyl (C=O) groups excluding carboxylic acids is 1. The zero-order valence-electron chi connectivity index (χ0n) is 15.2. The van der Waals surface area contributed by atoms with E-state index in [4.69, 9.17) is 14.2 Å². The molecule has 0 aliphatic rings. The van der Waals surface area contributed by atoms with Crippen LogP contribution in [-0.4, -0.2) is 36.6 Å². The van der Waals surface area contributed by atoms with Crippen LogP contribution in [0.25, 0.3) is 5.65 Å². The Bertz CT molecular complexity index is 949. The van der Waals surface area contributed by atoms with Crippen molar-refractivity contribution in [3.8, 4) is 17.2 Å². The van der Waals surface area contributed by atoms with Gasteiger partial charge in [0.2, 0.25) is 0 Å².